The summed E-state index contributed by atoms with van der Waals surface area (Å²) < 4.78 is 1.50. The highest BCUT2D eigenvalue weighted by atomic mass is 16.1. The molecule has 0 aliphatic heterocycles. The van der Waals surface area contributed by atoms with Crippen LogP contribution in [-0.2, 0) is 6.54 Å². The van der Waals surface area contributed by atoms with Crippen LogP contribution in [0.1, 0.15) is 16.2 Å². The van der Waals surface area contributed by atoms with Crippen molar-refractivity contribution in [3.63, 3.8) is 0 Å². The molecule has 0 bridgehead atoms. The molecule has 2 aromatic carbocycles. The van der Waals surface area contributed by atoms with Crippen LogP contribution in [0.5, 0.6) is 0 Å². The van der Waals surface area contributed by atoms with Crippen molar-refractivity contribution >= 4 is 16.9 Å². The summed E-state index contributed by atoms with van der Waals surface area (Å²) >= 11 is 0. The zero-order valence-electron chi connectivity index (χ0n) is 12.5. The van der Waals surface area contributed by atoms with E-state index in [1.165, 1.54) is 11.0 Å². The number of hydrogen-bond donors (Lipinski definition) is 2. The fraction of sp³-hybridized carbons (Fsp3) is 0.0625. The van der Waals surface area contributed by atoms with E-state index >= 15 is 0 Å². The average molecular weight is 319 g/mol. The Morgan fingerprint density at radius 2 is 2.08 bits per heavy atom. The number of amides is 1. The lowest BCUT2D eigenvalue weighted by Gasteiger charge is -2.05. The standard InChI is InChI=1S/C16H13N7O/c24-16(11-4-3-5-12(8-11)23-10-18-21-22-23)17-9-15-19-13-6-1-2-7-14(13)20-15/h1-8,10H,9H2,(H,17,24)(H,19,20). The van der Waals surface area contributed by atoms with Crippen LogP contribution in [0, 0.1) is 0 Å². The Hall–Kier alpha value is -3.55. The Kier molecular flexibility index (Phi) is 3.47. The van der Waals surface area contributed by atoms with Crippen LogP contribution in [0.25, 0.3) is 16.7 Å². The Labute approximate surface area is 136 Å². The minimum absolute atomic E-state index is 0.189. The molecule has 2 heterocycles. The third-order valence-electron chi connectivity index (χ3n) is 3.58. The highest BCUT2D eigenvalue weighted by Crippen LogP contribution is 2.11. The fourth-order valence-corrected chi connectivity index (χ4v) is 2.42. The molecule has 8 heteroatoms. The number of H-pyrrole nitrogens is 1. The van der Waals surface area contributed by atoms with Gasteiger partial charge < -0.3 is 10.3 Å². The molecular weight excluding hydrogens is 306 g/mol. The number of hydrogen-bond acceptors (Lipinski definition) is 5. The lowest BCUT2D eigenvalue weighted by molar-refractivity contribution is 0.0950. The SMILES string of the molecule is O=C(NCc1nc2ccccc2[nH]1)c1cccc(-n2cnnn2)c1. The van der Waals surface area contributed by atoms with Gasteiger partial charge in [-0.25, -0.2) is 9.67 Å². The molecule has 0 fully saturated rings. The lowest BCUT2D eigenvalue weighted by atomic mass is 10.2. The quantitative estimate of drug-likeness (QED) is 0.593. The van der Waals surface area contributed by atoms with Crippen molar-refractivity contribution in [3.8, 4) is 5.69 Å². The van der Waals surface area contributed by atoms with E-state index in [9.17, 15) is 4.79 Å². The number of aromatic amines is 1. The molecular formula is C16H13N7O. The zero-order chi connectivity index (χ0) is 16.4. The van der Waals surface area contributed by atoms with Gasteiger partial charge in [-0.05, 0) is 40.8 Å². The first-order valence-corrected chi connectivity index (χ1v) is 7.35. The molecule has 118 valence electrons. The molecule has 4 rings (SSSR count). The molecule has 2 N–H and O–H groups in total. The van der Waals surface area contributed by atoms with E-state index in [1.807, 2.05) is 30.3 Å². The van der Waals surface area contributed by atoms with Gasteiger partial charge in [0.1, 0.15) is 12.2 Å². The van der Waals surface area contributed by atoms with Gasteiger partial charge in [0.25, 0.3) is 5.91 Å². The fourth-order valence-electron chi connectivity index (χ4n) is 2.42. The molecule has 0 saturated heterocycles. The van der Waals surface area contributed by atoms with Crippen LogP contribution in [0.3, 0.4) is 0 Å². The number of carbonyl (C=O) groups is 1. The second kappa shape index (κ2) is 5.92. The van der Waals surface area contributed by atoms with Crippen LogP contribution in [0.2, 0.25) is 0 Å². The van der Waals surface area contributed by atoms with Crippen molar-refractivity contribution in [1.82, 2.24) is 35.5 Å². The second-order valence-corrected chi connectivity index (χ2v) is 5.19. The van der Waals surface area contributed by atoms with E-state index in [1.54, 1.807) is 18.2 Å². The first-order valence-electron chi connectivity index (χ1n) is 7.35. The third-order valence-corrected chi connectivity index (χ3v) is 3.58. The number of nitrogens with one attached hydrogen (secondary N) is 2. The topological polar surface area (TPSA) is 101 Å². The summed E-state index contributed by atoms with van der Waals surface area (Å²) in [6.07, 6.45) is 1.48. The highest BCUT2D eigenvalue weighted by Gasteiger charge is 2.09. The Balaban J connectivity index is 1.49. The first-order chi connectivity index (χ1) is 11.8. The molecule has 0 saturated carbocycles. The van der Waals surface area contributed by atoms with E-state index in [2.05, 4.69) is 30.8 Å². The molecule has 24 heavy (non-hydrogen) atoms. The second-order valence-electron chi connectivity index (χ2n) is 5.19. The molecule has 0 atom stereocenters. The summed E-state index contributed by atoms with van der Waals surface area (Å²) in [6.45, 7) is 0.322. The summed E-state index contributed by atoms with van der Waals surface area (Å²) in [5.74, 6) is 0.520. The van der Waals surface area contributed by atoms with Gasteiger partial charge in [0.2, 0.25) is 0 Å². The molecule has 8 nitrogen and oxygen atoms in total. The largest absolute Gasteiger partial charge is 0.345 e. The minimum atomic E-state index is -0.189. The van der Waals surface area contributed by atoms with E-state index < -0.39 is 0 Å². The molecule has 0 aliphatic carbocycles. The van der Waals surface area contributed by atoms with Crippen LogP contribution in [0.15, 0.2) is 54.9 Å². The molecule has 0 radical (unpaired) electrons. The summed E-state index contributed by atoms with van der Waals surface area (Å²) in [7, 11) is 0. The molecule has 0 unspecified atom stereocenters. The summed E-state index contributed by atoms with van der Waals surface area (Å²) in [6, 6.07) is 14.8. The zero-order valence-corrected chi connectivity index (χ0v) is 12.5. The number of benzene rings is 2. The van der Waals surface area contributed by atoms with Crippen LogP contribution in [0.4, 0.5) is 0 Å². The lowest BCUT2D eigenvalue weighted by Crippen LogP contribution is -2.23. The molecule has 0 spiro atoms. The van der Waals surface area contributed by atoms with Gasteiger partial charge in [-0.1, -0.05) is 18.2 Å². The average Bonchev–Trinajstić information content (AvgIpc) is 3.29. The molecule has 2 aromatic heterocycles. The molecule has 1 amide bonds. The number of imidazole rings is 1. The maximum Gasteiger partial charge on any atom is 0.251 e. The van der Waals surface area contributed by atoms with E-state index in [0.29, 0.717) is 17.9 Å². The smallest absolute Gasteiger partial charge is 0.251 e. The van der Waals surface area contributed by atoms with Crippen LogP contribution < -0.4 is 5.32 Å². The summed E-state index contributed by atoms with van der Waals surface area (Å²) in [5.41, 5.74) is 3.07. The van der Waals surface area contributed by atoms with E-state index in [4.69, 9.17) is 0 Å². The van der Waals surface area contributed by atoms with Crippen molar-refractivity contribution in [2.75, 3.05) is 0 Å². The highest BCUT2D eigenvalue weighted by molar-refractivity contribution is 5.94. The Morgan fingerprint density at radius 1 is 1.17 bits per heavy atom. The van der Waals surface area contributed by atoms with Crippen molar-refractivity contribution in [1.29, 1.82) is 0 Å². The van der Waals surface area contributed by atoms with Gasteiger partial charge in [-0.15, -0.1) is 5.10 Å². The summed E-state index contributed by atoms with van der Waals surface area (Å²) in [4.78, 5) is 20.0. The van der Waals surface area contributed by atoms with Gasteiger partial charge in [0.05, 0.1) is 23.3 Å². The van der Waals surface area contributed by atoms with Gasteiger partial charge in [-0.3, -0.25) is 4.79 Å². The number of rotatable bonds is 4. The third kappa shape index (κ3) is 2.72. The van der Waals surface area contributed by atoms with Gasteiger partial charge in [0.15, 0.2) is 0 Å². The monoisotopic (exact) mass is 319 g/mol. The Bertz CT molecular complexity index is 958. The molecule has 4 aromatic rings. The number of nitrogens with zero attached hydrogens (tertiary/aromatic N) is 5. The van der Waals surface area contributed by atoms with Crippen LogP contribution in [-0.4, -0.2) is 36.1 Å². The van der Waals surface area contributed by atoms with Crippen LogP contribution >= 0.6 is 0 Å². The number of carbonyl (C=O) groups excluding carboxylic acids is 1. The maximum absolute atomic E-state index is 12.3. The predicted molar refractivity (Wildman–Crippen MR) is 86.4 cm³/mol. The van der Waals surface area contributed by atoms with Gasteiger partial charge >= 0.3 is 0 Å². The van der Waals surface area contributed by atoms with Crippen molar-refractivity contribution < 1.29 is 4.79 Å². The van der Waals surface area contributed by atoms with E-state index in [-0.39, 0.29) is 5.91 Å². The van der Waals surface area contributed by atoms with Crippen molar-refractivity contribution in [2.45, 2.75) is 6.54 Å². The van der Waals surface area contributed by atoms with Crippen molar-refractivity contribution in [2.24, 2.45) is 0 Å². The number of aromatic nitrogens is 6. The summed E-state index contributed by atoms with van der Waals surface area (Å²) in [5, 5.41) is 13.8. The number of para-hydroxylation sites is 2. The van der Waals surface area contributed by atoms with E-state index in [0.717, 1.165) is 16.7 Å². The first kappa shape index (κ1) is 14.1. The van der Waals surface area contributed by atoms with Gasteiger partial charge in [-0.2, -0.15) is 0 Å². The minimum Gasteiger partial charge on any atom is -0.345 e. The predicted octanol–water partition coefficient (Wildman–Crippen LogP) is 1.47. The Morgan fingerprint density at radius 3 is 2.92 bits per heavy atom. The molecule has 0 aliphatic rings. The number of fused-ring (bicyclic) bond motifs is 1. The number of tetrazole rings is 1. The maximum atomic E-state index is 12.3. The normalized spacial score (nSPS) is 10.8. The van der Waals surface area contributed by atoms with Gasteiger partial charge in [0, 0.05) is 5.56 Å². The van der Waals surface area contributed by atoms with Crippen molar-refractivity contribution in [3.05, 3.63) is 66.2 Å².